The minimum atomic E-state index is -0.254. The van der Waals surface area contributed by atoms with E-state index in [0.717, 1.165) is 25.7 Å². The van der Waals surface area contributed by atoms with Crippen molar-refractivity contribution >= 4 is 17.5 Å². The van der Waals surface area contributed by atoms with Gasteiger partial charge in [0.25, 0.3) is 11.8 Å². The quantitative estimate of drug-likeness (QED) is 0.906. The van der Waals surface area contributed by atoms with Gasteiger partial charge in [-0.3, -0.25) is 14.6 Å². The van der Waals surface area contributed by atoms with Crippen molar-refractivity contribution in [3.8, 4) is 0 Å². The monoisotopic (exact) mass is 323 g/mol. The molecule has 5 heteroatoms. The van der Waals surface area contributed by atoms with Crippen molar-refractivity contribution in [2.45, 2.75) is 38.1 Å². The average Bonchev–Trinajstić information content (AvgIpc) is 2.63. The lowest BCUT2D eigenvalue weighted by Crippen LogP contribution is -2.36. The third kappa shape index (κ3) is 4.19. The van der Waals surface area contributed by atoms with Crippen LogP contribution < -0.4 is 10.6 Å². The summed E-state index contributed by atoms with van der Waals surface area (Å²) in [6, 6.07) is 12.6. The number of hydrogen-bond donors (Lipinski definition) is 2. The molecule has 2 aromatic rings. The molecule has 1 saturated carbocycles. The third-order valence-electron chi connectivity index (χ3n) is 4.23. The maximum atomic E-state index is 12.3. The summed E-state index contributed by atoms with van der Waals surface area (Å²) < 4.78 is 0. The summed E-state index contributed by atoms with van der Waals surface area (Å²) in [4.78, 5) is 28.8. The predicted octanol–water partition coefficient (Wildman–Crippen LogP) is 3.40. The van der Waals surface area contributed by atoms with Gasteiger partial charge in [-0.05, 0) is 37.1 Å². The fourth-order valence-electron chi connectivity index (χ4n) is 2.93. The van der Waals surface area contributed by atoms with Gasteiger partial charge >= 0.3 is 0 Å². The number of rotatable bonds is 4. The number of pyridine rings is 1. The van der Waals surface area contributed by atoms with Crippen LogP contribution in [0.3, 0.4) is 0 Å². The van der Waals surface area contributed by atoms with Gasteiger partial charge in [0, 0.05) is 23.5 Å². The number of amides is 2. The van der Waals surface area contributed by atoms with E-state index in [1.54, 1.807) is 6.07 Å². The Morgan fingerprint density at radius 1 is 0.958 bits per heavy atom. The molecule has 1 aliphatic rings. The van der Waals surface area contributed by atoms with Crippen LogP contribution >= 0.6 is 0 Å². The summed E-state index contributed by atoms with van der Waals surface area (Å²) in [6.07, 6.45) is 7.06. The normalized spacial score (nSPS) is 14.8. The molecule has 2 amide bonds. The van der Waals surface area contributed by atoms with Crippen molar-refractivity contribution in [2.75, 3.05) is 5.32 Å². The first kappa shape index (κ1) is 16.2. The van der Waals surface area contributed by atoms with Gasteiger partial charge in [-0.1, -0.05) is 37.5 Å². The maximum Gasteiger partial charge on any atom is 0.270 e. The van der Waals surface area contributed by atoms with E-state index in [9.17, 15) is 9.59 Å². The number of para-hydroxylation sites is 1. The Balaban J connectivity index is 1.66. The van der Waals surface area contributed by atoms with Gasteiger partial charge in [-0.25, -0.2) is 0 Å². The second-order valence-electron chi connectivity index (χ2n) is 6.06. The van der Waals surface area contributed by atoms with E-state index in [-0.39, 0.29) is 23.6 Å². The fourth-order valence-corrected chi connectivity index (χ4v) is 2.93. The molecular weight excluding hydrogens is 302 g/mol. The fraction of sp³-hybridized carbons (Fsp3) is 0.316. The van der Waals surface area contributed by atoms with Gasteiger partial charge in [-0.15, -0.1) is 0 Å². The highest BCUT2D eigenvalue weighted by Crippen LogP contribution is 2.18. The maximum absolute atomic E-state index is 12.3. The van der Waals surface area contributed by atoms with Crippen LogP contribution in [-0.2, 0) is 0 Å². The Morgan fingerprint density at radius 2 is 1.71 bits per heavy atom. The minimum Gasteiger partial charge on any atom is -0.348 e. The van der Waals surface area contributed by atoms with Crippen molar-refractivity contribution in [2.24, 2.45) is 0 Å². The highest BCUT2D eigenvalue weighted by molar-refractivity contribution is 6.05. The molecule has 1 heterocycles. The molecule has 124 valence electrons. The summed E-state index contributed by atoms with van der Waals surface area (Å²) in [7, 11) is 0. The van der Waals surface area contributed by atoms with E-state index in [2.05, 4.69) is 15.6 Å². The van der Waals surface area contributed by atoms with Crippen molar-refractivity contribution < 1.29 is 9.59 Å². The molecule has 0 unspecified atom stereocenters. The second-order valence-corrected chi connectivity index (χ2v) is 6.06. The van der Waals surface area contributed by atoms with Gasteiger partial charge in [0.15, 0.2) is 0 Å². The van der Waals surface area contributed by atoms with Crippen molar-refractivity contribution in [1.82, 2.24) is 10.3 Å². The smallest absolute Gasteiger partial charge is 0.270 e. The molecular formula is C19H21N3O2. The molecule has 1 aromatic heterocycles. The van der Waals surface area contributed by atoms with Crippen LogP contribution in [0.2, 0.25) is 0 Å². The van der Waals surface area contributed by atoms with Gasteiger partial charge in [0.1, 0.15) is 5.69 Å². The average molecular weight is 323 g/mol. The van der Waals surface area contributed by atoms with Crippen LogP contribution in [0.1, 0.15) is 53.0 Å². The molecule has 5 nitrogen and oxygen atoms in total. The zero-order chi connectivity index (χ0) is 16.8. The van der Waals surface area contributed by atoms with Gasteiger partial charge in [0.2, 0.25) is 0 Å². The second kappa shape index (κ2) is 7.73. The largest absolute Gasteiger partial charge is 0.348 e. The van der Waals surface area contributed by atoms with E-state index < -0.39 is 0 Å². The number of nitrogens with zero attached hydrogens (tertiary/aromatic N) is 1. The predicted molar refractivity (Wildman–Crippen MR) is 93.0 cm³/mol. The molecule has 24 heavy (non-hydrogen) atoms. The number of aromatic nitrogens is 1. The molecule has 0 atom stereocenters. The molecule has 2 N–H and O–H groups in total. The lowest BCUT2D eigenvalue weighted by Gasteiger charge is -2.22. The minimum absolute atomic E-state index is 0.212. The van der Waals surface area contributed by atoms with Crippen LogP contribution in [0.5, 0.6) is 0 Å². The molecule has 1 aromatic carbocycles. The van der Waals surface area contributed by atoms with Crippen molar-refractivity contribution in [3.05, 3.63) is 59.9 Å². The Kier molecular flexibility index (Phi) is 5.21. The highest BCUT2D eigenvalue weighted by atomic mass is 16.2. The number of benzene rings is 1. The highest BCUT2D eigenvalue weighted by Gasteiger charge is 2.18. The summed E-state index contributed by atoms with van der Waals surface area (Å²) in [5.74, 6) is -0.466. The van der Waals surface area contributed by atoms with Crippen LogP contribution in [-0.4, -0.2) is 22.8 Å². The van der Waals surface area contributed by atoms with Gasteiger partial charge in [-0.2, -0.15) is 0 Å². The molecule has 1 aliphatic carbocycles. The summed E-state index contributed by atoms with van der Waals surface area (Å²) in [6.45, 7) is 0. The molecule has 1 fully saturated rings. The zero-order valence-electron chi connectivity index (χ0n) is 13.5. The number of carbonyl (C=O) groups excluding carboxylic acids is 2. The first-order valence-corrected chi connectivity index (χ1v) is 8.36. The van der Waals surface area contributed by atoms with Crippen LogP contribution in [0, 0.1) is 0 Å². The molecule has 0 radical (unpaired) electrons. The lowest BCUT2D eigenvalue weighted by molar-refractivity contribution is 0.0922. The lowest BCUT2D eigenvalue weighted by atomic mass is 9.95. The first-order chi connectivity index (χ1) is 11.7. The van der Waals surface area contributed by atoms with E-state index in [1.165, 1.54) is 18.7 Å². The molecule has 3 rings (SSSR count). The molecule has 0 bridgehead atoms. The van der Waals surface area contributed by atoms with Gasteiger partial charge < -0.3 is 10.6 Å². The Morgan fingerprint density at radius 3 is 2.46 bits per heavy atom. The van der Waals surface area contributed by atoms with Crippen LogP contribution in [0.4, 0.5) is 5.69 Å². The number of carbonyl (C=O) groups is 2. The Labute approximate surface area is 141 Å². The Hall–Kier alpha value is -2.69. The molecule has 0 aliphatic heterocycles. The number of nitrogens with one attached hydrogen (secondary N) is 2. The van der Waals surface area contributed by atoms with E-state index in [4.69, 9.17) is 0 Å². The van der Waals surface area contributed by atoms with Crippen LogP contribution in [0.25, 0.3) is 0 Å². The standard InChI is InChI=1S/C19H21N3O2/c23-18(21-15-7-3-1-4-8-15)14-11-12-20-17(13-14)19(24)22-16-9-5-2-6-10-16/h1,3-4,7-8,11-13,16H,2,5-6,9-10H2,(H,21,23)(H,22,24). The van der Waals surface area contributed by atoms with Gasteiger partial charge in [0.05, 0.1) is 0 Å². The third-order valence-corrected chi connectivity index (χ3v) is 4.23. The van der Waals surface area contributed by atoms with E-state index in [0.29, 0.717) is 11.3 Å². The summed E-state index contributed by atoms with van der Waals surface area (Å²) in [5, 5.41) is 5.83. The SMILES string of the molecule is O=C(Nc1ccccc1)c1ccnc(C(=O)NC2CCCCC2)c1. The van der Waals surface area contributed by atoms with Crippen molar-refractivity contribution in [3.63, 3.8) is 0 Å². The molecule has 0 spiro atoms. The molecule has 0 saturated heterocycles. The Bertz CT molecular complexity index is 710. The number of hydrogen-bond acceptors (Lipinski definition) is 3. The van der Waals surface area contributed by atoms with E-state index in [1.807, 2.05) is 30.3 Å². The van der Waals surface area contributed by atoms with Crippen LogP contribution in [0.15, 0.2) is 48.7 Å². The zero-order valence-corrected chi connectivity index (χ0v) is 13.5. The van der Waals surface area contributed by atoms with Crippen molar-refractivity contribution in [1.29, 1.82) is 0 Å². The number of anilines is 1. The first-order valence-electron chi connectivity index (χ1n) is 8.36. The van der Waals surface area contributed by atoms with E-state index >= 15 is 0 Å². The summed E-state index contributed by atoms with van der Waals surface area (Å²) >= 11 is 0. The topological polar surface area (TPSA) is 71.1 Å². The summed E-state index contributed by atoms with van der Waals surface area (Å²) in [5.41, 5.74) is 1.41.